The maximum Gasteiger partial charge on any atom is 0.342 e. The van der Waals surface area contributed by atoms with Crippen molar-refractivity contribution in [3.63, 3.8) is 0 Å². The molecule has 1 aliphatic heterocycles. The maximum atomic E-state index is 11.8. The Hall–Kier alpha value is -3.59. The number of carboxylic acid groups (broad SMARTS) is 1. The van der Waals surface area contributed by atoms with Crippen LogP contribution >= 0.6 is 11.8 Å². The molecule has 2 aromatic carbocycles. The number of aliphatic imine (C=N–C) groups is 1. The summed E-state index contributed by atoms with van der Waals surface area (Å²) in [6, 6.07) is 9.82. The first-order chi connectivity index (χ1) is 14.9. The smallest absolute Gasteiger partial charge is 0.342 e. The second-order valence-corrected chi connectivity index (χ2v) is 7.25. The van der Waals surface area contributed by atoms with Gasteiger partial charge in [-0.1, -0.05) is 23.9 Å². The average molecular weight is 443 g/mol. The fourth-order valence-electron chi connectivity index (χ4n) is 2.88. The van der Waals surface area contributed by atoms with Crippen molar-refractivity contribution >= 4 is 34.5 Å². The third kappa shape index (κ3) is 4.61. The Morgan fingerprint density at radius 2 is 1.84 bits per heavy atom. The van der Waals surface area contributed by atoms with Crippen LogP contribution in [0.15, 0.2) is 57.6 Å². The highest BCUT2D eigenvalue weighted by molar-refractivity contribution is 8.18. The van der Waals surface area contributed by atoms with Crippen LogP contribution < -0.4 is 14.2 Å². The SMILES string of the molecule is CCOc1cccc(C=C2SC(=Nc3ccc(OC)c(OC)c3)C(C(=O)O)=C2O)c1O. The number of phenols is 1. The number of thioether (sulfide) groups is 1. The fourth-order valence-corrected chi connectivity index (χ4v) is 3.91. The minimum Gasteiger partial charge on any atom is -0.506 e. The molecule has 0 aliphatic carbocycles. The van der Waals surface area contributed by atoms with E-state index in [0.29, 0.717) is 35.1 Å². The van der Waals surface area contributed by atoms with Gasteiger partial charge in [-0.15, -0.1) is 0 Å². The Labute approximate surface area is 183 Å². The van der Waals surface area contributed by atoms with Crippen molar-refractivity contribution in [2.45, 2.75) is 6.92 Å². The van der Waals surface area contributed by atoms with Gasteiger partial charge in [-0.3, -0.25) is 0 Å². The van der Waals surface area contributed by atoms with Gasteiger partial charge in [-0.25, -0.2) is 9.79 Å². The van der Waals surface area contributed by atoms with E-state index in [-0.39, 0.29) is 21.3 Å². The van der Waals surface area contributed by atoms with Crippen LogP contribution in [0.1, 0.15) is 12.5 Å². The Balaban J connectivity index is 2.03. The first kappa shape index (κ1) is 22.1. The highest BCUT2D eigenvalue weighted by Crippen LogP contribution is 2.42. The zero-order valence-corrected chi connectivity index (χ0v) is 17.9. The van der Waals surface area contributed by atoms with Crippen LogP contribution in [0.25, 0.3) is 6.08 Å². The number of rotatable bonds is 7. The zero-order chi connectivity index (χ0) is 22.5. The molecular formula is C22H21NO7S. The van der Waals surface area contributed by atoms with Crippen molar-refractivity contribution in [1.29, 1.82) is 0 Å². The summed E-state index contributed by atoms with van der Waals surface area (Å²) in [6.07, 6.45) is 1.48. The number of aromatic hydroxyl groups is 1. The van der Waals surface area contributed by atoms with E-state index in [1.54, 1.807) is 43.3 Å². The maximum absolute atomic E-state index is 11.8. The Bertz CT molecular complexity index is 1110. The lowest BCUT2D eigenvalue weighted by Crippen LogP contribution is -2.07. The number of benzene rings is 2. The summed E-state index contributed by atoms with van der Waals surface area (Å²) < 4.78 is 15.8. The Kier molecular flexibility index (Phi) is 6.76. The topological polar surface area (TPSA) is 118 Å². The third-order valence-corrected chi connectivity index (χ3v) is 5.34. The molecule has 0 unspecified atom stereocenters. The minimum atomic E-state index is -1.32. The number of phenolic OH excluding ortho intramolecular Hbond substituents is 1. The number of methoxy groups -OCH3 is 2. The molecule has 1 aliphatic rings. The molecule has 0 aromatic heterocycles. The van der Waals surface area contributed by atoms with Crippen molar-refractivity contribution in [2.24, 2.45) is 4.99 Å². The molecule has 0 saturated carbocycles. The summed E-state index contributed by atoms with van der Waals surface area (Å²) in [5.41, 5.74) is 0.470. The highest BCUT2D eigenvalue weighted by Gasteiger charge is 2.32. The number of hydrogen-bond donors (Lipinski definition) is 3. The van der Waals surface area contributed by atoms with Gasteiger partial charge in [0.05, 0.1) is 31.4 Å². The van der Waals surface area contributed by atoms with E-state index in [1.807, 2.05) is 0 Å². The molecule has 9 heteroatoms. The largest absolute Gasteiger partial charge is 0.506 e. The number of aliphatic hydroxyl groups excluding tert-OH is 1. The molecule has 8 nitrogen and oxygen atoms in total. The number of aliphatic carboxylic acids is 1. The van der Waals surface area contributed by atoms with Gasteiger partial charge in [0.2, 0.25) is 0 Å². The van der Waals surface area contributed by atoms with Crippen LogP contribution in [0.4, 0.5) is 5.69 Å². The van der Waals surface area contributed by atoms with Crippen molar-refractivity contribution in [2.75, 3.05) is 20.8 Å². The van der Waals surface area contributed by atoms with E-state index in [1.165, 1.54) is 20.3 Å². The zero-order valence-electron chi connectivity index (χ0n) is 17.1. The minimum absolute atomic E-state index is 0.101. The monoisotopic (exact) mass is 443 g/mol. The predicted octanol–water partition coefficient (Wildman–Crippen LogP) is 4.52. The normalized spacial score (nSPS) is 16.1. The number of para-hydroxylation sites is 1. The van der Waals surface area contributed by atoms with Crippen molar-refractivity contribution in [3.8, 4) is 23.0 Å². The molecule has 0 spiro atoms. The summed E-state index contributed by atoms with van der Waals surface area (Å²) in [5, 5.41) is 30.7. The number of hydrogen-bond acceptors (Lipinski definition) is 8. The molecule has 0 bridgehead atoms. The van der Waals surface area contributed by atoms with E-state index in [9.17, 15) is 20.1 Å². The Morgan fingerprint density at radius 3 is 2.48 bits per heavy atom. The quantitative estimate of drug-likeness (QED) is 0.572. The summed E-state index contributed by atoms with van der Waals surface area (Å²) in [4.78, 5) is 16.4. The molecule has 1 heterocycles. The molecule has 0 radical (unpaired) electrons. The van der Waals surface area contributed by atoms with Crippen LogP contribution in [0.3, 0.4) is 0 Å². The average Bonchev–Trinajstić information content (AvgIpc) is 3.05. The summed E-state index contributed by atoms with van der Waals surface area (Å²) in [6.45, 7) is 2.17. The molecule has 0 atom stereocenters. The van der Waals surface area contributed by atoms with E-state index >= 15 is 0 Å². The van der Waals surface area contributed by atoms with Gasteiger partial charge in [0.1, 0.15) is 16.4 Å². The number of aliphatic hydroxyl groups is 1. The standard InChI is InChI=1S/C22H21NO7S/c1-4-30-15-7-5-6-12(19(15)24)10-17-20(25)18(22(26)27)21(31-17)23-13-8-9-14(28-2)16(11-13)29-3/h5-11,24-25H,4H2,1-3H3,(H,26,27). The molecule has 0 saturated heterocycles. The summed E-state index contributed by atoms with van der Waals surface area (Å²) >= 11 is 0.978. The van der Waals surface area contributed by atoms with Crippen LogP contribution in [0.5, 0.6) is 23.0 Å². The molecule has 0 amide bonds. The van der Waals surface area contributed by atoms with Gasteiger partial charge in [-0.05, 0) is 31.2 Å². The predicted molar refractivity (Wildman–Crippen MR) is 119 cm³/mol. The van der Waals surface area contributed by atoms with E-state index in [2.05, 4.69) is 4.99 Å². The van der Waals surface area contributed by atoms with Crippen molar-refractivity contribution < 1.29 is 34.3 Å². The molecule has 0 fully saturated rings. The highest BCUT2D eigenvalue weighted by atomic mass is 32.2. The number of carbonyl (C=O) groups is 1. The van der Waals surface area contributed by atoms with E-state index < -0.39 is 11.7 Å². The number of carboxylic acids is 1. The molecule has 3 rings (SSSR count). The first-order valence-electron chi connectivity index (χ1n) is 9.21. The lowest BCUT2D eigenvalue weighted by atomic mass is 10.1. The van der Waals surface area contributed by atoms with Crippen molar-refractivity contribution in [3.05, 3.63) is 58.2 Å². The van der Waals surface area contributed by atoms with E-state index in [0.717, 1.165) is 11.8 Å². The number of nitrogens with zero attached hydrogens (tertiary/aromatic N) is 1. The summed E-state index contributed by atoms with van der Waals surface area (Å²) in [5.74, 6) is -0.621. The molecule has 162 valence electrons. The van der Waals surface area contributed by atoms with Gasteiger partial charge in [-0.2, -0.15) is 0 Å². The lowest BCUT2D eigenvalue weighted by Gasteiger charge is -2.08. The summed E-state index contributed by atoms with van der Waals surface area (Å²) in [7, 11) is 2.99. The molecular weight excluding hydrogens is 422 g/mol. The number of ether oxygens (including phenoxy) is 3. The van der Waals surface area contributed by atoms with Gasteiger partial charge in [0, 0.05) is 11.6 Å². The third-order valence-electron chi connectivity index (χ3n) is 4.32. The Morgan fingerprint density at radius 1 is 1.10 bits per heavy atom. The van der Waals surface area contributed by atoms with Crippen LogP contribution in [0.2, 0.25) is 0 Å². The van der Waals surface area contributed by atoms with E-state index in [4.69, 9.17) is 14.2 Å². The molecule has 31 heavy (non-hydrogen) atoms. The second kappa shape index (κ2) is 9.48. The second-order valence-electron chi connectivity index (χ2n) is 6.22. The fraction of sp³-hybridized carbons (Fsp3) is 0.182. The first-order valence-corrected chi connectivity index (χ1v) is 10.0. The van der Waals surface area contributed by atoms with Gasteiger partial charge >= 0.3 is 5.97 Å². The molecule has 2 aromatic rings. The van der Waals surface area contributed by atoms with Crippen LogP contribution in [-0.2, 0) is 4.79 Å². The molecule has 3 N–H and O–H groups in total. The van der Waals surface area contributed by atoms with Crippen molar-refractivity contribution in [1.82, 2.24) is 0 Å². The lowest BCUT2D eigenvalue weighted by molar-refractivity contribution is -0.132. The van der Waals surface area contributed by atoms with Gasteiger partial charge < -0.3 is 29.5 Å². The van der Waals surface area contributed by atoms with Gasteiger partial charge in [0.15, 0.2) is 23.0 Å². The van der Waals surface area contributed by atoms with Gasteiger partial charge in [0.25, 0.3) is 0 Å². The van der Waals surface area contributed by atoms with Crippen LogP contribution in [0, 0.1) is 0 Å². The van der Waals surface area contributed by atoms with Crippen LogP contribution in [-0.4, -0.2) is 47.2 Å².